The van der Waals surface area contributed by atoms with E-state index in [4.69, 9.17) is 4.74 Å². The van der Waals surface area contributed by atoms with Gasteiger partial charge in [0.1, 0.15) is 11.5 Å². The van der Waals surface area contributed by atoms with Crippen molar-refractivity contribution in [2.45, 2.75) is 13.8 Å². The Bertz CT molecular complexity index is 692. The Balaban J connectivity index is 2.12. The average Bonchev–Trinajstić information content (AvgIpc) is 2.90. The van der Waals surface area contributed by atoms with Crippen molar-refractivity contribution in [3.05, 3.63) is 45.6 Å². The molecule has 0 fully saturated rings. The number of nitrogens with one attached hydrogen (secondary N) is 1. The van der Waals surface area contributed by atoms with Crippen LogP contribution in [0.1, 0.15) is 27.0 Å². The van der Waals surface area contributed by atoms with Crippen LogP contribution in [0, 0.1) is 6.92 Å². The topological polar surface area (TPSA) is 70.9 Å². The molecule has 0 aliphatic rings. The summed E-state index contributed by atoms with van der Waals surface area (Å²) in [5, 5.41) is 13.9. The van der Waals surface area contributed by atoms with Gasteiger partial charge in [0.25, 0.3) is 5.91 Å². The summed E-state index contributed by atoms with van der Waals surface area (Å²) in [6.45, 7) is 3.65. The number of hydrogen-bond acceptors (Lipinski definition) is 5. The molecule has 0 unspecified atom stereocenters. The highest BCUT2D eigenvalue weighted by atomic mass is 32.1. The molecule has 0 spiro atoms. The van der Waals surface area contributed by atoms with Crippen LogP contribution in [0.15, 0.2) is 35.4 Å². The molecular weight excluding hydrogens is 288 g/mol. The number of nitrogens with zero attached hydrogens (tertiary/aromatic N) is 1. The molecule has 2 rings (SSSR count). The zero-order valence-corrected chi connectivity index (χ0v) is 12.8. The maximum absolute atomic E-state index is 11.9. The summed E-state index contributed by atoms with van der Waals surface area (Å²) in [4.78, 5) is 13.6. The highest BCUT2D eigenvalue weighted by molar-refractivity contribution is 7.13. The molecule has 21 heavy (non-hydrogen) atoms. The number of thiophene rings is 1. The van der Waals surface area contributed by atoms with Crippen molar-refractivity contribution in [1.82, 2.24) is 5.43 Å². The van der Waals surface area contributed by atoms with Crippen molar-refractivity contribution < 1.29 is 14.6 Å². The van der Waals surface area contributed by atoms with Crippen LogP contribution in [0.3, 0.4) is 0 Å². The van der Waals surface area contributed by atoms with Gasteiger partial charge in [0.05, 0.1) is 17.7 Å². The number of carbonyl (C=O) groups is 1. The molecule has 1 aromatic heterocycles. The first-order valence-corrected chi connectivity index (χ1v) is 7.11. The molecule has 110 valence electrons. The fraction of sp³-hybridized carbons (Fsp3) is 0.200. The third-order valence-corrected chi connectivity index (χ3v) is 3.88. The van der Waals surface area contributed by atoms with Crippen LogP contribution >= 0.6 is 11.3 Å². The second-order valence-corrected chi connectivity index (χ2v) is 5.72. The fourth-order valence-electron chi connectivity index (χ4n) is 1.75. The van der Waals surface area contributed by atoms with Crippen LogP contribution < -0.4 is 10.2 Å². The summed E-state index contributed by atoms with van der Waals surface area (Å²) >= 11 is 1.40. The summed E-state index contributed by atoms with van der Waals surface area (Å²) in [5.41, 5.74) is 3.53. The third kappa shape index (κ3) is 3.61. The summed E-state index contributed by atoms with van der Waals surface area (Å²) in [7, 11) is 1.53. The lowest BCUT2D eigenvalue weighted by Crippen LogP contribution is -2.18. The smallest absolute Gasteiger partial charge is 0.281 e. The number of aromatic hydroxyl groups is 1. The molecular formula is C15H16N2O3S. The number of hydrogen-bond donors (Lipinski definition) is 2. The van der Waals surface area contributed by atoms with E-state index in [1.807, 2.05) is 13.0 Å². The summed E-state index contributed by atoms with van der Waals surface area (Å²) in [6, 6.07) is 8.54. The van der Waals surface area contributed by atoms with Crippen molar-refractivity contribution in [2.24, 2.45) is 5.10 Å². The monoisotopic (exact) mass is 304 g/mol. The van der Waals surface area contributed by atoms with Gasteiger partial charge >= 0.3 is 0 Å². The number of rotatable bonds is 4. The molecule has 6 heteroatoms. The third-order valence-electron chi connectivity index (χ3n) is 2.88. The molecule has 0 atom stereocenters. The van der Waals surface area contributed by atoms with Gasteiger partial charge in [-0.3, -0.25) is 4.79 Å². The lowest BCUT2D eigenvalue weighted by Gasteiger charge is -2.06. The molecule has 0 aliphatic heterocycles. The van der Waals surface area contributed by atoms with E-state index in [9.17, 15) is 9.90 Å². The molecule has 2 N–H and O–H groups in total. The van der Waals surface area contributed by atoms with Crippen LogP contribution in [0.4, 0.5) is 0 Å². The molecule has 1 amide bonds. The van der Waals surface area contributed by atoms with Gasteiger partial charge in [0, 0.05) is 16.5 Å². The minimum absolute atomic E-state index is 0.0526. The standard InChI is InChI=1S/C15H16N2O3S/c1-9-4-7-14(21-9)15(19)17-16-10(2)12-6-5-11(20-3)8-13(12)18/h4-8,18H,1-3H3,(H,17,19). The first-order chi connectivity index (χ1) is 10.0. The zero-order chi connectivity index (χ0) is 15.4. The first kappa shape index (κ1) is 15.1. The van der Waals surface area contributed by atoms with Crippen molar-refractivity contribution in [2.75, 3.05) is 7.11 Å². The Morgan fingerprint density at radius 3 is 2.67 bits per heavy atom. The van der Waals surface area contributed by atoms with Gasteiger partial charge in [-0.1, -0.05) is 0 Å². The Labute approximate surface area is 126 Å². The highest BCUT2D eigenvalue weighted by Gasteiger charge is 2.09. The lowest BCUT2D eigenvalue weighted by molar-refractivity contribution is 0.0959. The lowest BCUT2D eigenvalue weighted by atomic mass is 10.1. The Kier molecular flexibility index (Phi) is 4.59. The van der Waals surface area contributed by atoms with Gasteiger partial charge in [-0.05, 0) is 38.1 Å². The van der Waals surface area contributed by atoms with Gasteiger partial charge in [0.15, 0.2) is 0 Å². The normalized spacial score (nSPS) is 11.3. The highest BCUT2D eigenvalue weighted by Crippen LogP contribution is 2.23. The second-order valence-electron chi connectivity index (χ2n) is 4.43. The Morgan fingerprint density at radius 1 is 1.33 bits per heavy atom. The molecule has 0 aliphatic carbocycles. The first-order valence-electron chi connectivity index (χ1n) is 6.29. The van der Waals surface area contributed by atoms with Crippen molar-refractivity contribution in [3.63, 3.8) is 0 Å². The van der Waals surface area contributed by atoms with E-state index >= 15 is 0 Å². The van der Waals surface area contributed by atoms with Gasteiger partial charge < -0.3 is 9.84 Å². The van der Waals surface area contributed by atoms with Crippen LogP contribution in [0.2, 0.25) is 0 Å². The maximum atomic E-state index is 11.9. The molecule has 1 aromatic carbocycles. The molecule has 1 heterocycles. The minimum atomic E-state index is -0.263. The molecule has 0 saturated heterocycles. The van der Waals surface area contributed by atoms with Gasteiger partial charge in [-0.25, -0.2) is 5.43 Å². The van der Waals surface area contributed by atoms with E-state index in [1.165, 1.54) is 24.5 Å². The number of hydrazone groups is 1. The number of phenolic OH excluding ortho intramolecular Hbond substituents is 1. The van der Waals surface area contributed by atoms with E-state index in [0.29, 0.717) is 21.9 Å². The van der Waals surface area contributed by atoms with Crippen LogP contribution in [0.25, 0.3) is 0 Å². The van der Waals surface area contributed by atoms with Crippen molar-refractivity contribution >= 4 is 23.0 Å². The number of phenols is 1. The Morgan fingerprint density at radius 2 is 2.10 bits per heavy atom. The number of amides is 1. The van der Waals surface area contributed by atoms with Crippen LogP contribution in [-0.4, -0.2) is 23.8 Å². The number of methoxy groups -OCH3 is 1. The quantitative estimate of drug-likeness (QED) is 0.674. The van der Waals surface area contributed by atoms with E-state index in [2.05, 4.69) is 10.5 Å². The van der Waals surface area contributed by atoms with Gasteiger partial charge in [-0.2, -0.15) is 5.10 Å². The zero-order valence-electron chi connectivity index (χ0n) is 12.0. The minimum Gasteiger partial charge on any atom is -0.507 e. The Hall–Kier alpha value is -2.34. The predicted octanol–water partition coefficient (Wildman–Crippen LogP) is 2.92. The van der Waals surface area contributed by atoms with Gasteiger partial charge in [-0.15, -0.1) is 11.3 Å². The molecule has 5 nitrogen and oxygen atoms in total. The molecule has 0 radical (unpaired) electrons. The summed E-state index contributed by atoms with van der Waals surface area (Å²) in [5.74, 6) is 0.347. The molecule has 0 bridgehead atoms. The van der Waals surface area contributed by atoms with E-state index in [1.54, 1.807) is 25.1 Å². The average molecular weight is 304 g/mol. The number of carbonyl (C=O) groups excluding carboxylic acids is 1. The van der Waals surface area contributed by atoms with Crippen LogP contribution in [0.5, 0.6) is 11.5 Å². The molecule has 0 saturated carbocycles. The second kappa shape index (κ2) is 6.41. The summed E-state index contributed by atoms with van der Waals surface area (Å²) in [6.07, 6.45) is 0. The summed E-state index contributed by atoms with van der Waals surface area (Å²) < 4.78 is 5.02. The van der Waals surface area contributed by atoms with E-state index < -0.39 is 0 Å². The number of ether oxygens (including phenoxy) is 1. The predicted molar refractivity (Wildman–Crippen MR) is 83.4 cm³/mol. The van der Waals surface area contributed by atoms with Gasteiger partial charge in [0.2, 0.25) is 0 Å². The maximum Gasteiger partial charge on any atom is 0.281 e. The molecule has 2 aromatic rings. The largest absolute Gasteiger partial charge is 0.507 e. The number of benzene rings is 1. The van der Waals surface area contributed by atoms with Crippen molar-refractivity contribution in [3.8, 4) is 11.5 Å². The van der Waals surface area contributed by atoms with E-state index in [-0.39, 0.29) is 11.7 Å². The fourth-order valence-corrected chi connectivity index (χ4v) is 2.51. The number of aryl methyl sites for hydroxylation is 1. The SMILES string of the molecule is COc1ccc(C(C)=NNC(=O)c2ccc(C)s2)c(O)c1. The van der Waals surface area contributed by atoms with Crippen LogP contribution in [-0.2, 0) is 0 Å². The van der Waals surface area contributed by atoms with Crippen molar-refractivity contribution in [1.29, 1.82) is 0 Å². The van der Waals surface area contributed by atoms with E-state index in [0.717, 1.165) is 4.88 Å².